The van der Waals surface area contributed by atoms with Gasteiger partial charge in [0, 0.05) is 18.0 Å². The Morgan fingerprint density at radius 3 is 2.34 bits per heavy atom. The van der Waals surface area contributed by atoms with Crippen LogP contribution in [0.3, 0.4) is 0 Å². The lowest BCUT2D eigenvalue weighted by Crippen LogP contribution is -2.07. The Bertz CT molecular complexity index is 1120. The molecule has 4 rings (SSSR count). The zero-order valence-electron chi connectivity index (χ0n) is 16.6. The Balaban J connectivity index is 1.63. The summed E-state index contributed by atoms with van der Waals surface area (Å²) in [4.78, 5) is 4.89. The number of nitrogens with zero attached hydrogens (tertiary/aromatic N) is 2. The number of aromatic nitrogens is 2. The summed E-state index contributed by atoms with van der Waals surface area (Å²) < 4.78 is 13.1. The molecule has 0 aliphatic rings. The molecule has 0 saturated carbocycles. The molecule has 29 heavy (non-hydrogen) atoms. The van der Waals surface area contributed by atoms with Crippen LogP contribution in [0.1, 0.15) is 17.0 Å². The van der Waals surface area contributed by atoms with Gasteiger partial charge >= 0.3 is 0 Å². The first-order valence-corrected chi connectivity index (χ1v) is 9.95. The predicted octanol–water partition coefficient (Wildman–Crippen LogP) is 5.54. The number of methoxy groups -OCH3 is 2. The molecule has 3 aromatic carbocycles. The number of para-hydroxylation sites is 2. The van der Waals surface area contributed by atoms with Gasteiger partial charge in [0.25, 0.3) is 0 Å². The van der Waals surface area contributed by atoms with Gasteiger partial charge in [-0.25, -0.2) is 4.98 Å². The van der Waals surface area contributed by atoms with Crippen LogP contribution in [0.5, 0.6) is 11.5 Å². The summed E-state index contributed by atoms with van der Waals surface area (Å²) in [5.41, 5.74) is 4.55. The lowest BCUT2D eigenvalue weighted by atomic mass is 10.1. The molecule has 0 aliphatic carbocycles. The van der Waals surface area contributed by atoms with Crippen molar-refractivity contribution in [3.8, 4) is 11.5 Å². The third kappa shape index (κ3) is 4.22. The van der Waals surface area contributed by atoms with Gasteiger partial charge in [-0.2, -0.15) is 0 Å². The number of rotatable bonds is 7. The van der Waals surface area contributed by atoms with Crippen LogP contribution in [-0.4, -0.2) is 23.8 Å². The van der Waals surface area contributed by atoms with Gasteiger partial charge in [0.15, 0.2) is 11.5 Å². The number of ether oxygens (including phenoxy) is 2. The second kappa shape index (κ2) is 8.58. The number of halogens is 1. The van der Waals surface area contributed by atoms with Gasteiger partial charge < -0.3 is 14.0 Å². The molecule has 1 heterocycles. The van der Waals surface area contributed by atoms with E-state index >= 15 is 0 Å². The van der Waals surface area contributed by atoms with E-state index in [0.717, 1.165) is 52.8 Å². The SMILES string of the molecule is COc1ccc(CCn2c(Cc3ccc(Cl)cc3)nc3ccccc32)cc1OC. The Kier molecular flexibility index (Phi) is 5.72. The van der Waals surface area contributed by atoms with E-state index in [0.29, 0.717) is 0 Å². The highest BCUT2D eigenvalue weighted by molar-refractivity contribution is 6.30. The van der Waals surface area contributed by atoms with E-state index in [-0.39, 0.29) is 0 Å². The largest absolute Gasteiger partial charge is 0.493 e. The fourth-order valence-corrected chi connectivity index (χ4v) is 3.70. The average molecular weight is 407 g/mol. The number of imidazole rings is 1. The van der Waals surface area contributed by atoms with Crippen molar-refractivity contribution in [2.24, 2.45) is 0 Å². The predicted molar refractivity (Wildman–Crippen MR) is 117 cm³/mol. The van der Waals surface area contributed by atoms with E-state index in [1.165, 1.54) is 11.1 Å². The van der Waals surface area contributed by atoms with Crippen LogP contribution in [-0.2, 0) is 19.4 Å². The molecule has 4 aromatic rings. The highest BCUT2D eigenvalue weighted by Crippen LogP contribution is 2.28. The summed E-state index contributed by atoms with van der Waals surface area (Å²) in [6, 6.07) is 22.3. The maximum Gasteiger partial charge on any atom is 0.160 e. The van der Waals surface area contributed by atoms with E-state index in [2.05, 4.69) is 41.0 Å². The molecule has 1 aromatic heterocycles. The van der Waals surface area contributed by atoms with Crippen LogP contribution in [0.2, 0.25) is 5.02 Å². The maximum absolute atomic E-state index is 6.03. The molecule has 148 valence electrons. The summed E-state index contributed by atoms with van der Waals surface area (Å²) in [6.45, 7) is 0.832. The zero-order valence-corrected chi connectivity index (χ0v) is 17.3. The van der Waals surface area contributed by atoms with Crippen LogP contribution < -0.4 is 9.47 Å². The first-order valence-electron chi connectivity index (χ1n) is 9.57. The first-order chi connectivity index (χ1) is 14.2. The van der Waals surface area contributed by atoms with Gasteiger partial charge in [0.1, 0.15) is 5.82 Å². The molecular formula is C24H23ClN2O2. The molecule has 0 saturated heterocycles. The Morgan fingerprint density at radius 1 is 0.862 bits per heavy atom. The van der Waals surface area contributed by atoms with Gasteiger partial charge in [-0.1, -0.05) is 41.9 Å². The third-order valence-corrected chi connectivity index (χ3v) is 5.33. The van der Waals surface area contributed by atoms with Crippen molar-refractivity contribution in [3.05, 3.63) is 88.7 Å². The molecule has 5 heteroatoms. The summed E-state index contributed by atoms with van der Waals surface area (Å²) in [5, 5.41) is 0.746. The monoisotopic (exact) mass is 406 g/mol. The number of aryl methyl sites for hydroxylation is 2. The number of hydrogen-bond acceptors (Lipinski definition) is 3. The molecule has 0 amide bonds. The number of hydrogen-bond donors (Lipinski definition) is 0. The van der Waals surface area contributed by atoms with Crippen LogP contribution in [0.4, 0.5) is 0 Å². The standard InChI is InChI=1S/C24H23ClN2O2/c1-28-22-12-9-18(15-23(22)29-2)13-14-27-21-6-4-3-5-20(21)26-24(27)16-17-7-10-19(25)11-8-17/h3-12,15H,13-14,16H2,1-2H3. The molecule has 4 nitrogen and oxygen atoms in total. The fraction of sp³-hybridized carbons (Fsp3) is 0.208. The van der Waals surface area contributed by atoms with Crippen LogP contribution in [0.25, 0.3) is 11.0 Å². The van der Waals surface area contributed by atoms with E-state index < -0.39 is 0 Å². The molecular weight excluding hydrogens is 384 g/mol. The molecule has 0 aliphatic heterocycles. The lowest BCUT2D eigenvalue weighted by molar-refractivity contribution is 0.354. The normalized spacial score (nSPS) is 11.0. The van der Waals surface area contributed by atoms with E-state index in [4.69, 9.17) is 26.1 Å². The number of fused-ring (bicyclic) bond motifs is 1. The average Bonchev–Trinajstić information content (AvgIpc) is 3.10. The van der Waals surface area contributed by atoms with Crippen LogP contribution >= 0.6 is 11.6 Å². The smallest absolute Gasteiger partial charge is 0.160 e. The third-order valence-electron chi connectivity index (χ3n) is 5.08. The number of benzene rings is 3. The van der Waals surface area contributed by atoms with Gasteiger partial charge in [0.2, 0.25) is 0 Å². The van der Waals surface area contributed by atoms with Gasteiger partial charge in [-0.3, -0.25) is 0 Å². The lowest BCUT2D eigenvalue weighted by Gasteiger charge is -2.12. The first kappa shape index (κ1) is 19.3. The molecule has 0 atom stereocenters. The fourth-order valence-electron chi connectivity index (χ4n) is 3.57. The molecule has 0 fully saturated rings. The van der Waals surface area contributed by atoms with Crippen molar-refractivity contribution in [3.63, 3.8) is 0 Å². The van der Waals surface area contributed by atoms with Gasteiger partial charge in [0.05, 0.1) is 25.3 Å². The summed E-state index contributed by atoms with van der Waals surface area (Å²) in [6.07, 6.45) is 1.63. The van der Waals surface area contributed by atoms with Crippen molar-refractivity contribution in [2.45, 2.75) is 19.4 Å². The van der Waals surface area contributed by atoms with Crippen LogP contribution in [0.15, 0.2) is 66.7 Å². The highest BCUT2D eigenvalue weighted by Gasteiger charge is 2.12. The van der Waals surface area contributed by atoms with E-state index in [1.807, 2.05) is 30.3 Å². The van der Waals surface area contributed by atoms with Crippen molar-refractivity contribution in [1.82, 2.24) is 9.55 Å². The van der Waals surface area contributed by atoms with E-state index in [9.17, 15) is 0 Å². The van der Waals surface area contributed by atoms with Crippen molar-refractivity contribution in [2.75, 3.05) is 14.2 Å². The van der Waals surface area contributed by atoms with Gasteiger partial charge in [-0.15, -0.1) is 0 Å². The topological polar surface area (TPSA) is 36.3 Å². The van der Waals surface area contributed by atoms with Crippen molar-refractivity contribution in [1.29, 1.82) is 0 Å². The quantitative estimate of drug-likeness (QED) is 0.404. The molecule has 0 spiro atoms. The summed E-state index contributed by atoms with van der Waals surface area (Å²) >= 11 is 6.03. The Morgan fingerprint density at radius 2 is 1.59 bits per heavy atom. The molecule has 0 radical (unpaired) electrons. The maximum atomic E-state index is 6.03. The molecule has 0 N–H and O–H groups in total. The Labute approximate surface area is 175 Å². The van der Waals surface area contributed by atoms with Gasteiger partial charge in [-0.05, 0) is 53.9 Å². The summed E-state index contributed by atoms with van der Waals surface area (Å²) in [7, 11) is 3.31. The molecule has 0 unspecified atom stereocenters. The van der Waals surface area contributed by atoms with Crippen molar-refractivity contribution >= 4 is 22.6 Å². The second-order valence-corrected chi connectivity index (χ2v) is 7.35. The minimum Gasteiger partial charge on any atom is -0.493 e. The Hall–Kier alpha value is -2.98. The second-order valence-electron chi connectivity index (χ2n) is 6.91. The highest BCUT2D eigenvalue weighted by atomic mass is 35.5. The zero-order chi connectivity index (χ0) is 20.2. The van der Waals surface area contributed by atoms with Crippen molar-refractivity contribution < 1.29 is 9.47 Å². The van der Waals surface area contributed by atoms with E-state index in [1.54, 1.807) is 14.2 Å². The minimum absolute atomic E-state index is 0.743. The summed E-state index contributed by atoms with van der Waals surface area (Å²) in [5.74, 6) is 2.55. The van der Waals surface area contributed by atoms with Crippen LogP contribution in [0, 0.1) is 0 Å². The molecule has 0 bridgehead atoms. The minimum atomic E-state index is 0.743.